The van der Waals surface area contributed by atoms with Crippen LogP contribution in [0.3, 0.4) is 0 Å². The van der Waals surface area contributed by atoms with Crippen LogP contribution in [0.5, 0.6) is 0 Å². The maximum Gasteiger partial charge on any atom is 0.157 e. The van der Waals surface area contributed by atoms with Crippen molar-refractivity contribution < 1.29 is 9.47 Å². The van der Waals surface area contributed by atoms with Crippen LogP contribution in [0.4, 0.5) is 0 Å². The average molecular weight is 186 g/mol. The van der Waals surface area contributed by atoms with E-state index in [-0.39, 0.29) is 6.29 Å². The van der Waals surface area contributed by atoms with Crippen LogP contribution in [-0.2, 0) is 9.47 Å². The number of unbranched alkanes of at least 4 members (excludes halogenated alkanes) is 3. The second-order valence-corrected chi connectivity index (χ2v) is 3.89. The van der Waals surface area contributed by atoms with Crippen LogP contribution < -0.4 is 0 Å². The van der Waals surface area contributed by atoms with Gasteiger partial charge < -0.3 is 9.47 Å². The van der Waals surface area contributed by atoms with Crippen molar-refractivity contribution in [2.24, 2.45) is 0 Å². The summed E-state index contributed by atoms with van der Waals surface area (Å²) in [6.45, 7) is 5.23. The smallest absolute Gasteiger partial charge is 0.157 e. The molecule has 2 heteroatoms. The molecule has 0 amide bonds. The Morgan fingerprint density at radius 3 is 2.77 bits per heavy atom. The van der Waals surface area contributed by atoms with Gasteiger partial charge in [0.15, 0.2) is 6.29 Å². The van der Waals surface area contributed by atoms with Gasteiger partial charge in [-0.3, -0.25) is 0 Å². The minimum Gasteiger partial charge on any atom is -0.353 e. The van der Waals surface area contributed by atoms with E-state index < -0.39 is 0 Å². The number of rotatable bonds is 5. The van der Waals surface area contributed by atoms with E-state index in [0.29, 0.717) is 6.10 Å². The van der Waals surface area contributed by atoms with E-state index in [1.807, 2.05) is 0 Å². The van der Waals surface area contributed by atoms with E-state index in [0.717, 1.165) is 19.4 Å². The van der Waals surface area contributed by atoms with Gasteiger partial charge in [0.05, 0.1) is 12.7 Å². The number of ether oxygens (including phenoxy) is 2. The quantitative estimate of drug-likeness (QED) is 0.614. The molecular formula is C11H22O2. The summed E-state index contributed by atoms with van der Waals surface area (Å²) in [5.41, 5.74) is 0. The molecule has 0 bridgehead atoms. The molecule has 0 aromatic carbocycles. The Bertz CT molecular complexity index is 125. The van der Waals surface area contributed by atoms with Crippen LogP contribution in [0, 0.1) is 0 Å². The zero-order valence-corrected chi connectivity index (χ0v) is 8.92. The van der Waals surface area contributed by atoms with Crippen LogP contribution in [0.2, 0.25) is 0 Å². The zero-order valence-electron chi connectivity index (χ0n) is 8.92. The highest BCUT2D eigenvalue weighted by Crippen LogP contribution is 2.17. The van der Waals surface area contributed by atoms with Crippen molar-refractivity contribution in [1.29, 1.82) is 0 Å². The first-order valence-electron chi connectivity index (χ1n) is 5.60. The monoisotopic (exact) mass is 186 g/mol. The Hall–Kier alpha value is -0.0800. The molecule has 2 atom stereocenters. The Labute approximate surface area is 81.6 Å². The molecule has 0 aromatic heterocycles. The van der Waals surface area contributed by atoms with Crippen LogP contribution in [0.1, 0.15) is 52.4 Å². The minimum absolute atomic E-state index is 0.0839. The third-order valence-corrected chi connectivity index (χ3v) is 2.51. The van der Waals surface area contributed by atoms with Crippen molar-refractivity contribution in [3.63, 3.8) is 0 Å². The lowest BCUT2D eigenvalue weighted by Gasteiger charge is -2.28. The maximum atomic E-state index is 5.64. The van der Waals surface area contributed by atoms with Crippen molar-refractivity contribution >= 4 is 0 Å². The third kappa shape index (κ3) is 4.63. The van der Waals surface area contributed by atoms with Gasteiger partial charge in [-0.25, -0.2) is 0 Å². The topological polar surface area (TPSA) is 18.5 Å². The van der Waals surface area contributed by atoms with Crippen LogP contribution in [-0.4, -0.2) is 19.0 Å². The fraction of sp³-hybridized carbons (Fsp3) is 1.00. The molecule has 1 fully saturated rings. The second-order valence-electron chi connectivity index (χ2n) is 3.89. The lowest BCUT2D eigenvalue weighted by atomic mass is 10.1. The van der Waals surface area contributed by atoms with E-state index >= 15 is 0 Å². The van der Waals surface area contributed by atoms with E-state index in [1.165, 1.54) is 25.7 Å². The van der Waals surface area contributed by atoms with E-state index in [4.69, 9.17) is 9.47 Å². The highest BCUT2D eigenvalue weighted by molar-refractivity contribution is 4.59. The average Bonchev–Trinajstić information content (AvgIpc) is 2.13. The summed E-state index contributed by atoms with van der Waals surface area (Å²) in [6.07, 6.45) is 7.78. The summed E-state index contributed by atoms with van der Waals surface area (Å²) in [5.74, 6) is 0. The van der Waals surface area contributed by atoms with Gasteiger partial charge in [0.2, 0.25) is 0 Å². The lowest BCUT2D eigenvalue weighted by molar-refractivity contribution is -0.210. The third-order valence-electron chi connectivity index (χ3n) is 2.51. The number of hydrogen-bond acceptors (Lipinski definition) is 2. The highest BCUT2D eigenvalue weighted by Gasteiger charge is 2.18. The standard InChI is InChI=1S/C11H22O2/c1-3-4-5-6-7-11-12-9-8-10(2)13-11/h10-11H,3-9H2,1-2H3/t10-,11-/m0/s1. The molecule has 1 rings (SSSR count). The van der Waals surface area contributed by atoms with Gasteiger partial charge in [0.1, 0.15) is 0 Å². The zero-order chi connectivity index (χ0) is 9.52. The summed E-state index contributed by atoms with van der Waals surface area (Å²) in [4.78, 5) is 0. The Morgan fingerprint density at radius 2 is 2.08 bits per heavy atom. The summed E-state index contributed by atoms with van der Waals surface area (Å²) in [5, 5.41) is 0. The van der Waals surface area contributed by atoms with Crippen molar-refractivity contribution in [2.75, 3.05) is 6.61 Å². The SMILES string of the molecule is CCCCCC[C@H]1OCC[C@H](C)O1. The molecule has 1 heterocycles. The molecule has 0 unspecified atom stereocenters. The van der Waals surface area contributed by atoms with Gasteiger partial charge in [0.25, 0.3) is 0 Å². The molecule has 0 N–H and O–H groups in total. The number of hydrogen-bond donors (Lipinski definition) is 0. The van der Waals surface area contributed by atoms with E-state index in [9.17, 15) is 0 Å². The van der Waals surface area contributed by atoms with Crippen molar-refractivity contribution in [3.8, 4) is 0 Å². The largest absolute Gasteiger partial charge is 0.353 e. The second kappa shape index (κ2) is 6.39. The first-order valence-corrected chi connectivity index (χ1v) is 5.60. The molecule has 0 saturated carbocycles. The summed E-state index contributed by atoms with van der Waals surface area (Å²) >= 11 is 0. The van der Waals surface area contributed by atoms with Gasteiger partial charge >= 0.3 is 0 Å². The molecule has 2 nitrogen and oxygen atoms in total. The predicted molar refractivity (Wildman–Crippen MR) is 53.7 cm³/mol. The molecule has 0 radical (unpaired) electrons. The summed E-state index contributed by atoms with van der Waals surface area (Å²) in [6, 6.07) is 0. The van der Waals surface area contributed by atoms with Gasteiger partial charge in [-0.15, -0.1) is 0 Å². The molecule has 1 saturated heterocycles. The van der Waals surface area contributed by atoms with Gasteiger partial charge in [-0.2, -0.15) is 0 Å². The van der Waals surface area contributed by atoms with E-state index in [2.05, 4.69) is 13.8 Å². The summed E-state index contributed by atoms with van der Waals surface area (Å²) in [7, 11) is 0. The lowest BCUT2D eigenvalue weighted by Crippen LogP contribution is -2.30. The van der Waals surface area contributed by atoms with Gasteiger partial charge in [0, 0.05) is 0 Å². The van der Waals surface area contributed by atoms with Crippen LogP contribution in [0.15, 0.2) is 0 Å². The molecule has 1 aliphatic heterocycles. The van der Waals surface area contributed by atoms with Crippen LogP contribution >= 0.6 is 0 Å². The summed E-state index contributed by atoms with van der Waals surface area (Å²) < 4.78 is 11.2. The Kier molecular flexibility index (Phi) is 5.40. The highest BCUT2D eigenvalue weighted by atomic mass is 16.7. The molecule has 0 aliphatic carbocycles. The fourth-order valence-electron chi connectivity index (χ4n) is 1.62. The van der Waals surface area contributed by atoms with Crippen molar-refractivity contribution in [3.05, 3.63) is 0 Å². The molecule has 78 valence electrons. The molecule has 0 spiro atoms. The van der Waals surface area contributed by atoms with Crippen molar-refractivity contribution in [2.45, 2.75) is 64.8 Å². The van der Waals surface area contributed by atoms with Crippen LogP contribution in [0.25, 0.3) is 0 Å². The molecule has 0 aromatic rings. The predicted octanol–water partition coefficient (Wildman–Crippen LogP) is 3.11. The van der Waals surface area contributed by atoms with Crippen molar-refractivity contribution in [1.82, 2.24) is 0 Å². The van der Waals surface area contributed by atoms with Gasteiger partial charge in [-0.05, 0) is 26.2 Å². The molecule has 1 aliphatic rings. The first kappa shape index (κ1) is 11.0. The molecular weight excluding hydrogens is 164 g/mol. The van der Waals surface area contributed by atoms with E-state index in [1.54, 1.807) is 0 Å². The first-order chi connectivity index (χ1) is 6.33. The maximum absolute atomic E-state index is 5.64. The molecule has 13 heavy (non-hydrogen) atoms. The van der Waals surface area contributed by atoms with Gasteiger partial charge in [-0.1, -0.05) is 26.2 Å². The Morgan fingerprint density at radius 1 is 1.23 bits per heavy atom. The normalized spacial score (nSPS) is 29.1. The minimum atomic E-state index is 0.0839. The fourth-order valence-corrected chi connectivity index (χ4v) is 1.62. The Balaban J connectivity index is 2.00.